The van der Waals surface area contributed by atoms with Crippen LogP contribution in [0.25, 0.3) is 0 Å². The third-order valence-corrected chi connectivity index (χ3v) is 6.94. The number of halogens is 3. The zero-order chi connectivity index (χ0) is 25.2. The first-order valence-corrected chi connectivity index (χ1v) is 11.6. The maximum atomic E-state index is 13.2. The number of nitrogens with zero attached hydrogens (tertiary/aromatic N) is 2. The van der Waals surface area contributed by atoms with Crippen molar-refractivity contribution in [1.82, 2.24) is 10.4 Å². The molecule has 1 unspecified atom stereocenters. The molecule has 1 aliphatic heterocycles. The quantitative estimate of drug-likeness (QED) is 0.422. The number of hydrogen-bond acceptors (Lipinski definition) is 5. The zero-order valence-corrected chi connectivity index (χ0v) is 19.0. The van der Waals surface area contributed by atoms with Gasteiger partial charge in [-0.3, -0.25) is 19.7 Å². The van der Waals surface area contributed by atoms with E-state index < -0.39 is 24.0 Å². The van der Waals surface area contributed by atoms with Crippen molar-refractivity contribution < 1.29 is 33.1 Å². The highest BCUT2D eigenvalue weighted by Crippen LogP contribution is 2.35. The van der Waals surface area contributed by atoms with Gasteiger partial charge in [-0.1, -0.05) is 30.3 Å². The number of aliphatic hydroxyl groups excluding tert-OH is 1. The van der Waals surface area contributed by atoms with Gasteiger partial charge in [0.1, 0.15) is 0 Å². The average molecular weight is 492 g/mol. The Morgan fingerprint density at radius 2 is 1.74 bits per heavy atom. The number of amides is 2. The monoisotopic (exact) mass is 491 g/mol. The van der Waals surface area contributed by atoms with Crippen molar-refractivity contribution >= 4 is 17.5 Å². The van der Waals surface area contributed by atoms with Crippen molar-refractivity contribution in [2.24, 2.45) is 11.8 Å². The summed E-state index contributed by atoms with van der Waals surface area (Å²) in [6, 6.07) is 11.9. The van der Waals surface area contributed by atoms with Gasteiger partial charge in [-0.15, -0.1) is 0 Å². The van der Waals surface area contributed by atoms with Crippen LogP contribution in [0.15, 0.2) is 48.5 Å². The Labute approximate surface area is 201 Å². The molecular weight excluding hydrogens is 463 g/mol. The van der Waals surface area contributed by atoms with Gasteiger partial charge in [0.2, 0.25) is 12.3 Å². The van der Waals surface area contributed by atoms with Crippen molar-refractivity contribution in [3.8, 4) is 0 Å². The third-order valence-electron chi connectivity index (χ3n) is 6.94. The third kappa shape index (κ3) is 5.43. The number of nitrogens with one attached hydrogen (secondary N) is 1. The summed E-state index contributed by atoms with van der Waals surface area (Å²) in [5.74, 6) is -0.850. The van der Waals surface area contributed by atoms with E-state index in [0.29, 0.717) is 36.2 Å². The number of alkyl halides is 3. The molecule has 2 aromatic carbocycles. The van der Waals surface area contributed by atoms with Crippen LogP contribution in [0.4, 0.5) is 18.9 Å². The second-order valence-electron chi connectivity index (χ2n) is 9.16. The van der Waals surface area contributed by atoms with Gasteiger partial charge in [-0.05, 0) is 61.8 Å². The molecule has 10 heteroatoms. The lowest BCUT2D eigenvalue weighted by atomic mass is 9.81. The first-order valence-electron chi connectivity index (χ1n) is 11.6. The zero-order valence-electron chi connectivity index (χ0n) is 19.0. The van der Waals surface area contributed by atoms with E-state index in [4.69, 9.17) is 5.21 Å². The molecule has 3 N–H and O–H groups in total. The largest absolute Gasteiger partial charge is 0.416 e. The fourth-order valence-corrected chi connectivity index (χ4v) is 5.00. The molecule has 2 aliphatic rings. The number of hydrogen-bond donors (Lipinski definition) is 3. The number of rotatable bonds is 6. The SMILES string of the molecule is O=C(NO)C1CCC(CN2c3ccccc3C(=O)N(CCc3cccc(C(F)(F)F)c3)C2O)CC1. The minimum Gasteiger partial charge on any atom is -0.356 e. The van der Waals surface area contributed by atoms with Gasteiger partial charge < -0.3 is 10.0 Å². The molecule has 1 saturated carbocycles. The van der Waals surface area contributed by atoms with Gasteiger partial charge in [0.05, 0.1) is 16.8 Å². The highest BCUT2D eigenvalue weighted by molar-refractivity contribution is 6.01. The second kappa shape index (κ2) is 10.2. The predicted molar refractivity (Wildman–Crippen MR) is 121 cm³/mol. The van der Waals surface area contributed by atoms with E-state index in [2.05, 4.69) is 0 Å². The van der Waals surface area contributed by atoms with E-state index in [9.17, 15) is 27.9 Å². The number of anilines is 1. The Hall–Kier alpha value is -3.11. The van der Waals surface area contributed by atoms with Gasteiger partial charge in [0.15, 0.2) is 0 Å². The lowest BCUT2D eigenvalue weighted by molar-refractivity contribution is -0.137. The Morgan fingerprint density at radius 3 is 2.43 bits per heavy atom. The number of hydroxylamine groups is 1. The Bertz CT molecular complexity index is 1070. The van der Waals surface area contributed by atoms with Crippen LogP contribution >= 0.6 is 0 Å². The number of carbonyl (C=O) groups excluding carboxylic acids is 2. The van der Waals surface area contributed by atoms with E-state index in [1.165, 1.54) is 11.0 Å². The molecule has 7 nitrogen and oxygen atoms in total. The fourth-order valence-electron chi connectivity index (χ4n) is 5.00. The molecule has 0 aromatic heterocycles. The van der Waals surface area contributed by atoms with Gasteiger partial charge in [-0.25, -0.2) is 5.48 Å². The van der Waals surface area contributed by atoms with Crippen molar-refractivity contribution in [3.63, 3.8) is 0 Å². The number of benzene rings is 2. The number of para-hydroxylation sites is 1. The maximum absolute atomic E-state index is 13.2. The van der Waals surface area contributed by atoms with E-state index in [0.717, 1.165) is 25.0 Å². The molecule has 4 rings (SSSR count). The van der Waals surface area contributed by atoms with Gasteiger partial charge in [-0.2, -0.15) is 13.2 Å². The van der Waals surface area contributed by atoms with Crippen molar-refractivity contribution in [2.75, 3.05) is 18.0 Å². The first kappa shape index (κ1) is 25.0. The molecule has 2 amide bonds. The van der Waals surface area contributed by atoms with E-state index in [-0.39, 0.29) is 30.7 Å². The summed E-state index contributed by atoms with van der Waals surface area (Å²) < 4.78 is 39.2. The maximum Gasteiger partial charge on any atom is 0.416 e. The molecule has 0 spiro atoms. The lowest BCUT2D eigenvalue weighted by Crippen LogP contribution is -2.57. The summed E-state index contributed by atoms with van der Waals surface area (Å²) in [6.07, 6.45) is -2.89. The van der Waals surface area contributed by atoms with Crippen LogP contribution in [0.1, 0.15) is 47.2 Å². The normalized spacial score (nSPS) is 22.7. The first-order chi connectivity index (χ1) is 16.7. The fraction of sp³-hybridized carbons (Fsp3) is 0.440. The van der Waals surface area contributed by atoms with Crippen molar-refractivity contribution in [3.05, 3.63) is 65.2 Å². The van der Waals surface area contributed by atoms with Crippen LogP contribution in [-0.4, -0.2) is 46.5 Å². The number of carbonyl (C=O) groups is 2. The van der Waals surface area contributed by atoms with Crippen LogP contribution in [0, 0.1) is 11.8 Å². The predicted octanol–water partition coefficient (Wildman–Crippen LogP) is 3.80. The molecule has 1 aliphatic carbocycles. The van der Waals surface area contributed by atoms with Crippen LogP contribution in [0.2, 0.25) is 0 Å². The summed E-state index contributed by atoms with van der Waals surface area (Å²) in [6.45, 7) is 0.508. The van der Waals surface area contributed by atoms with E-state index in [1.807, 2.05) is 0 Å². The topological polar surface area (TPSA) is 93.1 Å². The van der Waals surface area contributed by atoms with Gasteiger partial charge in [0, 0.05) is 19.0 Å². The summed E-state index contributed by atoms with van der Waals surface area (Å²) in [5, 5.41) is 20.0. The Balaban J connectivity index is 1.49. The number of fused-ring (bicyclic) bond motifs is 1. The van der Waals surface area contributed by atoms with Gasteiger partial charge >= 0.3 is 6.18 Å². The van der Waals surface area contributed by atoms with E-state index in [1.54, 1.807) is 40.7 Å². The van der Waals surface area contributed by atoms with Crippen LogP contribution in [0.5, 0.6) is 0 Å². The Morgan fingerprint density at radius 1 is 1.03 bits per heavy atom. The van der Waals surface area contributed by atoms with Crippen LogP contribution < -0.4 is 10.4 Å². The summed E-state index contributed by atoms with van der Waals surface area (Å²) in [4.78, 5) is 27.9. The summed E-state index contributed by atoms with van der Waals surface area (Å²) >= 11 is 0. The number of aliphatic hydroxyl groups is 1. The summed E-state index contributed by atoms with van der Waals surface area (Å²) in [7, 11) is 0. The molecule has 188 valence electrons. The highest BCUT2D eigenvalue weighted by Gasteiger charge is 2.38. The van der Waals surface area contributed by atoms with Crippen molar-refractivity contribution in [1.29, 1.82) is 0 Å². The standard InChI is InChI=1S/C25H28F3N3O4/c26-25(27,28)19-5-3-4-16(14-19)12-13-30-23(33)20-6-1-2-7-21(20)31(24(30)34)15-17-8-10-18(11-9-17)22(32)29-35/h1-7,14,17-18,24,34-35H,8-13,15H2,(H,29,32). The second-order valence-corrected chi connectivity index (χ2v) is 9.16. The highest BCUT2D eigenvalue weighted by atomic mass is 19.4. The molecule has 0 bridgehead atoms. The minimum absolute atomic E-state index is 0.0511. The van der Waals surface area contributed by atoms with Gasteiger partial charge in [0.25, 0.3) is 5.91 Å². The molecule has 35 heavy (non-hydrogen) atoms. The molecule has 1 fully saturated rings. The average Bonchev–Trinajstić information content (AvgIpc) is 2.86. The molecule has 0 radical (unpaired) electrons. The van der Waals surface area contributed by atoms with Crippen molar-refractivity contribution in [2.45, 2.75) is 44.6 Å². The summed E-state index contributed by atoms with van der Waals surface area (Å²) in [5.41, 5.74) is 2.41. The molecule has 2 aromatic rings. The minimum atomic E-state index is -4.46. The molecular formula is C25H28F3N3O4. The smallest absolute Gasteiger partial charge is 0.356 e. The lowest BCUT2D eigenvalue weighted by Gasteiger charge is -2.44. The Kier molecular flexibility index (Phi) is 7.32. The van der Waals surface area contributed by atoms with E-state index >= 15 is 0 Å². The van der Waals surface area contributed by atoms with Crippen LogP contribution in [0.3, 0.4) is 0 Å². The molecule has 1 atom stereocenters. The molecule has 0 saturated heterocycles. The molecule has 1 heterocycles. The van der Waals surface area contributed by atoms with Crippen LogP contribution in [-0.2, 0) is 17.4 Å².